The Kier molecular flexibility index (Phi) is 5.47. The number of carbonyl (C=O) groups excluding carboxylic acids is 1. The van der Waals surface area contributed by atoms with Crippen LogP contribution >= 0.6 is 28.3 Å². The standard InChI is InChI=1S/C13H20BrN3O.ClH/c1-3-17-7-10(14)6-11(17)12(18)16-13(2,8-15)9-4-5-9;/h6-7,9H,3-5,8,15H2,1-2H3,(H,16,18);1H. The minimum absolute atomic E-state index is 0. The second-order valence-electron chi connectivity index (χ2n) is 5.18. The molecule has 4 nitrogen and oxygen atoms in total. The van der Waals surface area contributed by atoms with Crippen LogP contribution < -0.4 is 11.1 Å². The first-order valence-electron chi connectivity index (χ1n) is 6.38. The molecule has 108 valence electrons. The third-order valence-corrected chi connectivity index (χ3v) is 4.17. The van der Waals surface area contributed by atoms with Crippen molar-refractivity contribution in [3.05, 3.63) is 22.4 Å². The second kappa shape index (κ2) is 6.29. The van der Waals surface area contributed by atoms with E-state index < -0.39 is 0 Å². The van der Waals surface area contributed by atoms with Gasteiger partial charge in [0.2, 0.25) is 0 Å². The number of amides is 1. The molecule has 0 bridgehead atoms. The van der Waals surface area contributed by atoms with Crippen LogP contribution in [0, 0.1) is 5.92 Å². The molecule has 1 aromatic heterocycles. The highest BCUT2D eigenvalue weighted by Crippen LogP contribution is 2.39. The average Bonchev–Trinajstić information content (AvgIpc) is 3.12. The summed E-state index contributed by atoms with van der Waals surface area (Å²) in [5, 5.41) is 3.10. The van der Waals surface area contributed by atoms with Crippen molar-refractivity contribution in [3.8, 4) is 0 Å². The summed E-state index contributed by atoms with van der Waals surface area (Å²) in [5.74, 6) is 0.488. The molecule has 19 heavy (non-hydrogen) atoms. The molecule has 0 spiro atoms. The summed E-state index contributed by atoms with van der Waals surface area (Å²) in [5.41, 5.74) is 6.23. The van der Waals surface area contributed by atoms with Crippen molar-refractivity contribution < 1.29 is 4.79 Å². The summed E-state index contributed by atoms with van der Waals surface area (Å²) in [6, 6.07) is 1.85. The first-order valence-corrected chi connectivity index (χ1v) is 7.17. The average molecular weight is 351 g/mol. The SMILES string of the molecule is CCn1cc(Br)cc1C(=O)NC(C)(CN)C1CC1.Cl. The highest BCUT2D eigenvalue weighted by Gasteiger charge is 2.41. The molecule has 1 amide bonds. The van der Waals surface area contributed by atoms with E-state index >= 15 is 0 Å². The molecular formula is C13H21BrClN3O. The van der Waals surface area contributed by atoms with E-state index in [0.29, 0.717) is 18.2 Å². The Morgan fingerprint density at radius 3 is 2.74 bits per heavy atom. The molecule has 1 aromatic rings. The highest BCUT2D eigenvalue weighted by molar-refractivity contribution is 9.10. The summed E-state index contributed by atoms with van der Waals surface area (Å²) in [6.07, 6.45) is 4.24. The number of aromatic nitrogens is 1. The summed E-state index contributed by atoms with van der Waals surface area (Å²) in [7, 11) is 0. The van der Waals surface area contributed by atoms with E-state index in [2.05, 4.69) is 21.2 Å². The monoisotopic (exact) mass is 349 g/mol. The van der Waals surface area contributed by atoms with Gasteiger partial charge in [0.15, 0.2) is 0 Å². The minimum atomic E-state index is -0.271. The van der Waals surface area contributed by atoms with Gasteiger partial charge in [-0.2, -0.15) is 0 Å². The molecule has 0 saturated heterocycles. The van der Waals surface area contributed by atoms with E-state index in [9.17, 15) is 4.79 Å². The molecule has 3 N–H and O–H groups in total. The Bertz CT molecular complexity index is 459. The summed E-state index contributed by atoms with van der Waals surface area (Å²) < 4.78 is 2.86. The van der Waals surface area contributed by atoms with Crippen molar-refractivity contribution in [2.24, 2.45) is 11.7 Å². The van der Waals surface area contributed by atoms with Crippen molar-refractivity contribution in [2.75, 3.05) is 6.54 Å². The number of halogens is 2. The molecule has 0 aliphatic heterocycles. The molecular weight excluding hydrogens is 330 g/mol. The van der Waals surface area contributed by atoms with Crippen molar-refractivity contribution in [1.29, 1.82) is 0 Å². The fourth-order valence-corrected chi connectivity index (χ4v) is 2.75. The maximum atomic E-state index is 12.3. The van der Waals surface area contributed by atoms with Gasteiger partial charge in [-0.05, 0) is 54.6 Å². The quantitative estimate of drug-likeness (QED) is 0.857. The van der Waals surface area contributed by atoms with Crippen molar-refractivity contribution in [1.82, 2.24) is 9.88 Å². The van der Waals surface area contributed by atoms with Crippen LogP contribution in [0.3, 0.4) is 0 Å². The lowest BCUT2D eigenvalue weighted by Crippen LogP contribution is -2.53. The van der Waals surface area contributed by atoms with Crippen LogP contribution in [0.5, 0.6) is 0 Å². The Labute approximate surface area is 128 Å². The van der Waals surface area contributed by atoms with Gasteiger partial charge in [0.25, 0.3) is 5.91 Å². The van der Waals surface area contributed by atoms with Gasteiger partial charge in [0, 0.05) is 23.8 Å². The molecule has 0 radical (unpaired) electrons. The van der Waals surface area contributed by atoms with E-state index in [-0.39, 0.29) is 23.9 Å². The number of rotatable bonds is 5. The minimum Gasteiger partial charge on any atom is -0.344 e. The van der Waals surface area contributed by atoms with E-state index in [1.54, 1.807) is 0 Å². The number of hydrogen-bond donors (Lipinski definition) is 2. The Morgan fingerprint density at radius 2 is 2.26 bits per heavy atom. The molecule has 1 heterocycles. The molecule has 0 aromatic carbocycles. The van der Waals surface area contributed by atoms with E-state index in [1.807, 2.05) is 30.7 Å². The number of nitrogens with one attached hydrogen (secondary N) is 1. The highest BCUT2D eigenvalue weighted by atomic mass is 79.9. The lowest BCUT2D eigenvalue weighted by atomic mass is 9.96. The third kappa shape index (κ3) is 3.52. The summed E-state index contributed by atoms with van der Waals surface area (Å²) in [6.45, 7) is 5.32. The zero-order chi connectivity index (χ0) is 13.3. The molecule has 1 aliphatic carbocycles. The van der Waals surface area contributed by atoms with Crippen LogP contribution in [-0.4, -0.2) is 22.6 Å². The maximum Gasteiger partial charge on any atom is 0.268 e. The fraction of sp³-hybridized carbons (Fsp3) is 0.615. The predicted octanol–water partition coefficient (Wildman–Crippen LogP) is 2.55. The molecule has 1 atom stereocenters. The van der Waals surface area contributed by atoms with Crippen LogP contribution in [0.2, 0.25) is 0 Å². The first-order chi connectivity index (χ1) is 8.50. The third-order valence-electron chi connectivity index (χ3n) is 3.74. The van der Waals surface area contributed by atoms with Crippen molar-refractivity contribution in [2.45, 2.75) is 38.8 Å². The molecule has 6 heteroatoms. The molecule has 1 saturated carbocycles. The predicted molar refractivity (Wildman–Crippen MR) is 82.7 cm³/mol. The Balaban J connectivity index is 0.00000180. The number of hydrogen-bond acceptors (Lipinski definition) is 2. The van der Waals surface area contributed by atoms with Gasteiger partial charge in [-0.1, -0.05) is 0 Å². The Morgan fingerprint density at radius 1 is 1.63 bits per heavy atom. The summed E-state index contributed by atoms with van der Waals surface area (Å²) in [4.78, 5) is 12.3. The van der Waals surface area contributed by atoms with Gasteiger partial charge >= 0.3 is 0 Å². The lowest BCUT2D eigenvalue weighted by Gasteiger charge is -2.29. The number of aryl methyl sites for hydroxylation is 1. The molecule has 1 fully saturated rings. The van der Waals surface area contributed by atoms with E-state index in [1.165, 1.54) is 0 Å². The number of carbonyl (C=O) groups is 1. The summed E-state index contributed by atoms with van der Waals surface area (Å²) >= 11 is 3.40. The van der Waals surface area contributed by atoms with Gasteiger partial charge < -0.3 is 15.6 Å². The molecule has 1 unspecified atom stereocenters. The fourth-order valence-electron chi connectivity index (χ4n) is 2.29. The van der Waals surface area contributed by atoms with Crippen LogP contribution in [0.25, 0.3) is 0 Å². The second-order valence-corrected chi connectivity index (χ2v) is 6.10. The normalized spacial score (nSPS) is 17.5. The lowest BCUT2D eigenvalue weighted by molar-refractivity contribution is 0.0888. The van der Waals surface area contributed by atoms with Gasteiger partial charge in [0.1, 0.15) is 5.69 Å². The number of nitrogens with zero attached hydrogens (tertiary/aromatic N) is 1. The maximum absolute atomic E-state index is 12.3. The first kappa shape index (κ1) is 16.5. The van der Waals surface area contributed by atoms with Gasteiger partial charge in [0.05, 0.1) is 5.54 Å². The van der Waals surface area contributed by atoms with E-state index in [4.69, 9.17) is 5.73 Å². The largest absolute Gasteiger partial charge is 0.344 e. The zero-order valence-electron chi connectivity index (χ0n) is 11.3. The van der Waals surface area contributed by atoms with Crippen molar-refractivity contribution >= 4 is 34.2 Å². The molecule has 2 rings (SSSR count). The zero-order valence-corrected chi connectivity index (χ0v) is 13.7. The number of nitrogens with two attached hydrogens (primary N) is 1. The van der Waals surface area contributed by atoms with Crippen LogP contribution in [0.4, 0.5) is 0 Å². The van der Waals surface area contributed by atoms with Crippen LogP contribution in [0.15, 0.2) is 16.7 Å². The van der Waals surface area contributed by atoms with Gasteiger partial charge in [-0.25, -0.2) is 0 Å². The van der Waals surface area contributed by atoms with Gasteiger partial charge in [-0.15, -0.1) is 12.4 Å². The Hall–Kier alpha value is -0.520. The van der Waals surface area contributed by atoms with Crippen LogP contribution in [-0.2, 0) is 6.54 Å². The molecule has 1 aliphatic rings. The van der Waals surface area contributed by atoms with E-state index in [0.717, 1.165) is 23.9 Å². The van der Waals surface area contributed by atoms with Gasteiger partial charge in [-0.3, -0.25) is 4.79 Å². The van der Waals surface area contributed by atoms with Crippen LogP contribution in [0.1, 0.15) is 37.2 Å². The smallest absolute Gasteiger partial charge is 0.268 e. The topological polar surface area (TPSA) is 60.0 Å². The van der Waals surface area contributed by atoms with Crippen molar-refractivity contribution in [3.63, 3.8) is 0 Å².